The average molecular weight is 444 g/mol. The van der Waals surface area contributed by atoms with E-state index in [4.69, 9.17) is 15.7 Å². The molecule has 0 bridgehead atoms. The Hall–Kier alpha value is -3.41. The second kappa shape index (κ2) is 10.5. The standard InChI is InChI=1S/C27H33N5O/c1-3-4-5-11-18-32-25(28)23(24-26(32)31-22-15-10-9-14-21(22)30-24)27(33)29-19(2)16-17-20-12-7-6-8-13-20/h6-10,12-15,19H,3-5,11,16-18,28H2,1-2H3,(H,29,33). The molecule has 0 aliphatic carbocycles. The van der Waals surface area contributed by atoms with E-state index < -0.39 is 0 Å². The predicted molar refractivity (Wildman–Crippen MR) is 135 cm³/mol. The van der Waals surface area contributed by atoms with E-state index in [1.54, 1.807) is 0 Å². The highest BCUT2D eigenvalue weighted by molar-refractivity contribution is 6.10. The highest BCUT2D eigenvalue weighted by Crippen LogP contribution is 2.28. The maximum Gasteiger partial charge on any atom is 0.257 e. The van der Waals surface area contributed by atoms with Crippen molar-refractivity contribution in [3.8, 4) is 0 Å². The smallest absolute Gasteiger partial charge is 0.257 e. The molecule has 4 rings (SSSR count). The molecule has 2 aromatic carbocycles. The molecular formula is C27H33N5O. The molecule has 4 aromatic rings. The lowest BCUT2D eigenvalue weighted by atomic mass is 10.1. The van der Waals surface area contributed by atoms with Gasteiger partial charge in [-0.15, -0.1) is 0 Å². The van der Waals surface area contributed by atoms with Gasteiger partial charge in [-0.1, -0.05) is 68.7 Å². The predicted octanol–water partition coefficient (Wildman–Crippen LogP) is 5.50. The minimum absolute atomic E-state index is 0.00785. The molecule has 1 atom stereocenters. The van der Waals surface area contributed by atoms with Crippen LogP contribution in [0.5, 0.6) is 0 Å². The van der Waals surface area contributed by atoms with E-state index in [2.05, 4.69) is 24.4 Å². The molecule has 1 unspecified atom stereocenters. The van der Waals surface area contributed by atoms with Gasteiger partial charge in [-0.2, -0.15) is 0 Å². The third-order valence-corrected chi connectivity index (χ3v) is 6.14. The van der Waals surface area contributed by atoms with E-state index in [1.807, 2.05) is 54.0 Å². The van der Waals surface area contributed by atoms with Gasteiger partial charge < -0.3 is 15.6 Å². The number of nitrogens with zero attached hydrogens (tertiary/aromatic N) is 3. The number of hydrogen-bond donors (Lipinski definition) is 2. The van der Waals surface area contributed by atoms with Gasteiger partial charge in [-0.05, 0) is 43.9 Å². The summed E-state index contributed by atoms with van der Waals surface area (Å²) < 4.78 is 1.97. The van der Waals surface area contributed by atoms with Crippen LogP contribution in [-0.4, -0.2) is 26.5 Å². The van der Waals surface area contributed by atoms with Gasteiger partial charge in [0.05, 0.1) is 11.0 Å². The maximum absolute atomic E-state index is 13.4. The molecule has 2 heterocycles. The van der Waals surface area contributed by atoms with Crippen molar-refractivity contribution in [2.75, 3.05) is 5.73 Å². The van der Waals surface area contributed by atoms with Crippen molar-refractivity contribution >= 4 is 33.9 Å². The zero-order valence-electron chi connectivity index (χ0n) is 19.6. The van der Waals surface area contributed by atoms with Crippen molar-refractivity contribution in [2.45, 2.75) is 65.0 Å². The number of rotatable bonds is 10. The summed E-state index contributed by atoms with van der Waals surface area (Å²) in [6.45, 7) is 4.95. The summed E-state index contributed by atoms with van der Waals surface area (Å²) >= 11 is 0. The van der Waals surface area contributed by atoms with Gasteiger partial charge in [-0.25, -0.2) is 9.97 Å². The Kier molecular flexibility index (Phi) is 7.23. The number of hydrogen-bond acceptors (Lipinski definition) is 4. The fraction of sp³-hybridized carbons (Fsp3) is 0.370. The van der Waals surface area contributed by atoms with Crippen molar-refractivity contribution in [2.24, 2.45) is 0 Å². The lowest BCUT2D eigenvalue weighted by Crippen LogP contribution is -2.33. The van der Waals surface area contributed by atoms with E-state index in [9.17, 15) is 4.79 Å². The third-order valence-electron chi connectivity index (χ3n) is 6.14. The molecule has 33 heavy (non-hydrogen) atoms. The van der Waals surface area contributed by atoms with Gasteiger partial charge in [0.15, 0.2) is 5.65 Å². The van der Waals surface area contributed by atoms with Crippen molar-refractivity contribution in [1.82, 2.24) is 19.9 Å². The summed E-state index contributed by atoms with van der Waals surface area (Å²) in [6.07, 6.45) is 6.21. The van der Waals surface area contributed by atoms with Crippen molar-refractivity contribution in [3.63, 3.8) is 0 Å². The highest BCUT2D eigenvalue weighted by Gasteiger charge is 2.24. The van der Waals surface area contributed by atoms with E-state index >= 15 is 0 Å². The summed E-state index contributed by atoms with van der Waals surface area (Å²) in [5.74, 6) is 0.263. The van der Waals surface area contributed by atoms with Crippen LogP contribution < -0.4 is 11.1 Å². The first-order chi connectivity index (χ1) is 16.1. The first-order valence-corrected chi connectivity index (χ1v) is 12.0. The molecule has 0 fully saturated rings. The topological polar surface area (TPSA) is 85.8 Å². The van der Waals surface area contributed by atoms with Crippen LogP contribution in [0.25, 0.3) is 22.2 Å². The highest BCUT2D eigenvalue weighted by atomic mass is 16.1. The number of carbonyl (C=O) groups is 1. The fourth-order valence-electron chi connectivity index (χ4n) is 4.26. The first-order valence-electron chi connectivity index (χ1n) is 12.0. The summed E-state index contributed by atoms with van der Waals surface area (Å²) in [5.41, 5.74) is 11.1. The molecule has 6 heteroatoms. The Balaban J connectivity index is 1.61. The van der Waals surface area contributed by atoms with Gasteiger partial charge in [0.25, 0.3) is 5.91 Å². The number of aryl methyl sites for hydroxylation is 2. The molecule has 0 radical (unpaired) electrons. The lowest BCUT2D eigenvalue weighted by molar-refractivity contribution is 0.0940. The van der Waals surface area contributed by atoms with Crippen molar-refractivity contribution in [1.29, 1.82) is 0 Å². The van der Waals surface area contributed by atoms with Crippen LogP contribution in [0.3, 0.4) is 0 Å². The van der Waals surface area contributed by atoms with E-state index in [1.165, 1.54) is 18.4 Å². The average Bonchev–Trinajstić information content (AvgIpc) is 3.10. The molecule has 0 aliphatic rings. The van der Waals surface area contributed by atoms with Gasteiger partial charge in [-0.3, -0.25) is 4.79 Å². The Morgan fingerprint density at radius 3 is 2.42 bits per heavy atom. The lowest BCUT2D eigenvalue weighted by Gasteiger charge is -2.14. The summed E-state index contributed by atoms with van der Waals surface area (Å²) in [5, 5.41) is 3.14. The SMILES string of the molecule is CCCCCCn1c(N)c(C(=O)NC(C)CCc2ccccc2)c2nc3ccccc3nc21. The molecule has 0 saturated carbocycles. The van der Waals surface area contributed by atoms with Gasteiger partial charge in [0, 0.05) is 12.6 Å². The molecule has 6 nitrogen and oxygen atoms in total. The Morgan fingerprint density at radius 1 is 1.00 bits per heavy atom. The summed E-state index contributed by atoms with van der Waals surface area (Å²) in [6, 6.07) is 18.1. The number of amides is 1. The van der Waals surface area contributed by atoms with Gasteiger partial charge in [0.1, 0.15) is 16.9 Å². The molecule has 0 spiro atoms. The quantitative estimate of drug-likeness (QED) is 0.317. The zero-order chi connectivity index (χ0) is 23.2. The van der Waals surface area contributed by atoms with Crippen molar-refractivity contribution in [3.05, 3.63) is 65.7 Å². The van der Waals surface area contributed by atoms with Crippen LogP contribution >= 0.6 is 0 Å². The number of nitrogens with one attached hydrogen (secondary N) is 1. The fourth-order valence-corrected chi connectivity index (χ4v) is 4.26. The molecule has 0 saturated heterocycles. The molecule has 2 aromatic heterocycles. The molecule has 1 amide bonds. The summed E-state index contributed by atoms with van der Waals surface area (Å²) in [4.78, 5) is 23.0. The van der Waals surface area contributed by atoms with Crippen LogP contribution in [0.2, 0.25) is 0 Å². The van der Waals surface area contributed by atoms with Crippen LogP contribution in [0, 0.1) is 0 Å². The first kappa shape index (κ1) is 22.8. The van der Waals surface area contributed by atoms with Crippen LogP contribution in [0.4, 0.5) is 5.82 Å². The van der Waals surface area contributed by atoms with E-state index in [0.717, 1.165) is 43.3 Å². The second-order valence-electron chi connectivity index (χ2n) is 8.76. The van der Waals surface area contributed by atoms with Gasteiger partial charge in [0.2, 0.25) is 0 Å². The maximum atomic E-state index is 13.4. The number of para-hydroxylation sites is 2. The Bertz CT molecular complexity index is 1230. The number of benzene rings is 2. The number of aromatic nitrogens is 3. The Morgan fingerprint density at radius 2 is 1.70 bits per heavy atom. The zero-order valence-corrected chi connectivity index (χ0v) is 19.6. The van der Waals surface area contributed by atoms with E-state index in [-0.39, 0.29) is 11.9 Å². The molecule has 3 N–H and O–H groups in total. The third kappa shape index (κ3) is 5.16. The number of nitrogen functional groups attached to an aromatic ring is 1. The number of carbonyl (C=O) groups excluding carboxylic acids is 1. The number of fused-ring (bicyclic) bond motifs is 2. The van der Waals surface area contributed by atoms with Crippen LogP contribution in [-0.2, 0) is 13.0 Å². The molecule has 0 aliphatic heterocycles. The van der Waals surface area contributed by atoms with E-state index in [0.29, 0.717) is 22.5 Å². The number of unbranched alkanes of at least 4 members (excludes halogenated alkanes) is 3. The largest absolute Gasteiger partial charge is 0.384 e. The molecule has 172 valence electrons. The minimum atomic E-state index is -0.185. The monoisotopic (exact) mass is 443 g/mol. The van der Waals surface area contributed by atoms with Gasteiger partial charge >= 0.3 is 0 Å². The number of nitrogens with two attached hydrogens (primary N) is 1. The Labute approximate surface area is 195 Å². The second-order valence-corrected chi connectivity index (χ2v) is 8.76. The molecular weight excluding hydrogens is 410 g/mol. The van der Waals surface area contributed by atoms with Crippen LogP contribution in [0.1, 0.15) is 61.9 Å². The van der Waals surface area contributed by atoms with Crippen molar-refractivity contribution < 1.29 is 4.79 Å². The minimum Gasteiger partial charge on any atom is -0.384 e. The summed E-state index contributed by atoms with van der Waals surface area (Å²) in [7, 11) is 0. The number of anilines is 1. The van der Waals surface area contributed by atoms with Crippen LogP contribution in [0.15, 0.2) is 54.6 Å². The normalized spacial score (nSPS) is 12.3.